The zero-order chi connectivity index (χ0) is 25.2. The average molecular weight is 471 g/mol. The molecule has 0 N–H and O–H groups in total. The summed E-state index contributed by atoms with van der Waals surface area (Å²) < 4.78 is 8.86. The van der Waals surface area contributed by atoms with Crippen LogP contribution >= 0.6 is 0 Å². The molecule has 0 aromatic heterocycles. The zero-order valence-corrected chi connectivity index (χ0v) is 21.2. The fourth-order valence-electron chi connectivity index (χ4n) is 6.13. The summed E-state index contributed by atoms with van der Waals surface area (Å²) in [5, 5.41) is 0. The third-order valence-electron chi connectivity index (χ3n) is 8.11. The molecular formula is C28H38O6. The van der Waals surface area contributed by atoms with Crippen molar-refractivity contribution in [2.75, 3.05) is 0 Å². The van der Waals surface area contributed by atoms with Crippen LogP contribution in [0.3, 0.4) is 0 Å². The second kappa shape index (κ2) is 10.8. The van der Waals surface area contributed by atoms with Gasteiger partial charge in [-0.15, -0.1) is 0 Å². The van der Waals surface area contributed by atoms with Crippen molar-refractivity contribution in [2.24, 2.45) is 53.3 Å². The van der Waals surface area contributed by atoms with Crippen molar-refractivity contribution in [1.82, 2.24) is 0 Å². The Morgan fingerprint density at radius 3 is 1.82 bits per heavy atom. The molecule has 6 heteroatoms. The minimum Gasteiger partial charge on any atom is -0.393 e. The van der Waals surface area contributed by atoms with Gasteiger partial charge in [-0.05, 0) is 67.6 Å². The summed E-state index contributed by atoms with van der Waals surface area (Å²) in [4.78, 5) is 43.5. The minimum atomic E-state index is -0.579. The molecule has 0 aromatic rings. The largest absolute Gasteiger partial charge is 0.393 e. The lowest BCUT2D eigenvalue weighted by molar-refractivity contribution is -0.154. The molecule has 2 bridgehead atoms. The first-order valence-corrected chi connectivity index (χ1v) is 12.5. The van der Waals surface area contributed by atoms with Crippen LogP contribution in [-0.4, -0.2) is 23.9 Å². The Labute approximate surface area is 202 Å². The quantitative estimate of drug-likeness (QED) is 0.415. The molecule has 3 saturated carbocycles. The number of carbonyl (C=O) groups is 4. The highest BCUT2D eigenvalue weighted by molar-refractivity contribution is 6.04. The molecule has 0 spiro atoms. The van der Waals surface area contributed by atoms with E-state index in [1.165, 1.54) is 12.0 Å². The monoisotopic (exact) mass is 470 g/mol. The topological polar surface area (TPSA) is 86.7 Å². The third kappa shape index (κ3) is 5.76. The van der Waals surface area contributed by atoms with Crippen LogP contribution in [0.2, 0.25) is 0 Å². The van der Waals surface area contributed by atoms with E-state index >= 15 is 0 Å². The van der Waals surface area contributed by atoms with Crippen LogP contribution in [0.15, 0.2) is 36.0 Å². The van der Waals surface area contributed by atoms with Gasteiger partial charge in [-0.2, -0.15) is 0 Å². The zero-order valence-electron chi connectivity index (χ0n) is 21.2. The first-order valence-electron chi connectivity index (χ1n) is 12.5. The van der Waals surface area contributed by atoms with E-state index < -0.39 is 11.9 Å². The van der Waals surface area contributed by atoms with E-state index in [1.54, 1.807) is 0 Å². The molecule has 186 valence electrons. The number of fused-ring (bicyclic) bond motifs is 2. The van der Waals surface area contributed by atoms with Gasteiger partial charge in [0, 0.05) is 12.2 Å². The van der Waals surface area contributed by atoms with E-state index in [9.17, 15) is 19.2 Å². The van der Waals surface area contributed by atoms with Crippen molar-refractivity contribution in [2.45, 2.75) is 60.8 Å². The molecule has 0 aromatic carbocycles. The van der Waals surface area contributed by atoms with Gasteiger partial charge in [-0.25, -0.2) is 9.59 Å². The lowest BCUT2D eigenvalue weighted by Crippen LogP contribution is -2.51. The summed E-state index contributed by atoms with van der Waals surface area (Å²) in [6.07, 6.45) is 12.5. The Hall–Kier alpha value is -2.50. The van der Waals surface area contributed by atoms with Crippen molar-refractivity contribution >= 4 is 23.9 Å². The van der Waals surface area contributed by atoms with Gasteiger partial charge in [0.15, 0.2) is 0 Å². The number of hydrogen-bond acceptors (Lipinski definition) is 6. The van der Waals surface area contributed by atoms with Gasteiger partial charge in [0.25, 0.3) is 0 Å². The maximum atomic E-state index is 11.8. The van der Waals surface area contributed by atoms with Crippen LogP contribution in [0.1, 0.15) is 60.8 Å². The van der Waals surface area contributed by atoms with Crippen LogP contribution in [0.25, 0.3) is 0 Å². The van der Waals surface area contributed by atoms with Crippen molar-refractivity contribution in [3.05, 3.63) is 36.0 Å². The normalized spacial score (nSPS) is 35.3. The van der Waals surface area contributed by atoms with E-state index in [2.05, 4.69) is 64.5 Å². The second-order valence-corrected chi connectivity index (χ2v) is 11.0. The molecule has 0 radical (unpaired) electrons. The number of hydrogen-bond donors (Lipinski definition) is 0. The van der Waals surface area contributed by atoms with Crippen molar-refractivity contribution in [3.63, 3.8) is 0 Å². The second-order valence-electron chi connectivity index (χ2n) is 11.0. The fraction of sp³-hybridized carbons (Fsp3) is 0.643. The highest BCUT2D eigenvalue weighted by atomic mass is 16.6. The van der Waals surface area contributed by atoms with Gasteiger partial charge < -0.3 is 9.47 Å². The first-order chi connectivity index (χ1) is 16.0. The molecule has 6 nitrogen and oxygen atoms in total. The summed E-state index contributed by atoms with van der Waals surface area (Å²) in [5.74, 6) is 2.19. The number of allylic oxidation sites excluding steroid dienone is 4. The molecule has 34 heavy (non-hydrogen) atoms. The molecule has 6 rings (SSSR count). The van der Waals surface area contributed by atoms with Crippen LogP contribution in [0.5, 0.6) is 0 Å². The Morgan fingerprint density at radius 2 is 1.38 bits per heavy atom. The van der Waals surface area contributed by atoms with Crippen molar-refractivity contribution < 1.29 is 28.7 Å². The SMILES string of the molecule is CC(C)C1C[C@@H]2C(C)C[C@@H]1C1C(=O)OC(=O)C12.CC1=CC[C@H](C(C)C)C=C1.O=C1C=CC(=O)O1. The Balaban J connectivity index is 0.000000161. The maximum Gasteiger partial charge on any atom is 0.338 e. The highest BCUT2D eigenvalue weighted by Crippen LogP contribution is 2.58. The molecular weight excluding hydrogens is 432 g/mol. The Bertz CT molecular complexity index is 892. The van der Waals surface area contributed by atoms with Crippen LogP contribution < -0.4 is 0 Å². The summed E-state index contributed by atoms with van der Waals surface area (Å²) in [7, 11) is 0. The maximum absolute atomic E-state index is 11.8. The standard InChI is InChI=1S/C14H20O3.C10H16.C4H2O3/c1-6(2)8-5-9-7(3)4-10(8)12-11(9)13(15)17-14(12)16;1-8(2)10-6-4-9(3)5-7-10;5-3-1-2-4(6)7-3/h6-12H,4-5H2,1-3H3;4-6,8,10H,7H2,1-3H3;1-2H/t7?,8?,9-,10+,11?,12?;10-;/m11./s1. The molecule has 6 aliphatic rings. The molecule has 7 atom stereocenters. The highest BCUT2D eigenvalue weighted by Gasteiger charge is 2.61. The van der Waals surface area contributed by atoms with Gasteiger partial charge in [-0.1, -0.05) is 58.4 Å². The fourth-order valence-corrected chi connectivity index (χ4v) is 6.13. The number of carbonyl (C=O) groups excluding carboxylic acids is 4. The predicted molar refractivity (Wildman–Crippen MR) is 128 cm³/mol. The first kappa shape index (κ1) is 26.1. The molecule has 4 fully saturated rings. The lowest BCUT2D eigenvalue weighted by atomic mass is 9.50. The summed E-state index contributed by atoms with van der Waals surface area (Å²) in [6.45, 7) is 13.4. The third-order valence-corrected chi connectivity index (χ3v) is 8.11. The van der Waals surface area contributed by atoms with E-state index in [0.29, 0.717) is 29.6 Å². The number of esters is 4. The van der Waals surface area contributed by atoms with Crippen LogP contribution in [-0.2, 0) is 28.7 Å². The van der Waals surface area contributed by atoms with Gasteiger partial charge >= 0.3 is 23.9 Å². The minimum absolute atomic E-state index is 0.119. The molecule has 2 heterocycles. The van der Waals surface area contributed by atoms with E-state index in [0.717, 1.165) is 36.8 Å². The molecule has 1 saturated heterocycles. The van der Waals surface area contributed by atoms with Crippen molar-refractivity contribution in [3.8, 4) is 0 Å². The van der Waals surface area contributed by atoms with Gasteiger partial charge in [-0.3, -0.25) is 9.59 Å². The van der Waals surface area contributed by atoms with Crippen LogP contribution in [0.4, 0.5) is 0 Å². The van der Waals surface area contributed by atoms with Gasteiger partial charge in [0.1, 0.15) is 0 Å². The summed E-state index contributed by atoms with van der Waals surface area (Å²) in [6, 6.07) is 0. The van der Waals surface area contributed by atoms with E-state index in [4.69, 9.17) is 4.74 Å². The smallest absolute Gasteiger partial charge is 0.338 e. The van der Waals surface area contributed by atoms with E-state index in [1.807, 2.05) is 0 Å². The molecule has 2 aliphatic heterocycles. The van der Waals surface area contributed by atoms with Gasteiger partial charge in [0.05, 0.1) is 11.8 Å². The predicted octanol–water partition coefficient (Wildman–Crippen LogP) is 5.04. The molecule has 4 unspecified atom stereocenters. The number of cyclic esters (lactones) is 4. The Morgan fingerprint density at radius 1 is 0.794 bits per heavy atom. The Kier molecular flexibility index (Phi) is 8.32. The van der Waals surface area contributed by atoms with Crippen molar-refractivity contribution in [1.29, 1.82) is 0 Å². The number of ether oxygens (including phenoxy) is 2. The molecule has 4 aliphatic carbocycles. The number of rotatable bonds is 2. The summed E-state index contributed by atoms with van der Waals surface area (Å²) in [5.41, 5.74) is 1.41. The average Bonchev–Trinajstić information content (AvgIpc) is 3.30. The van der Waals surface area contributed by atoms with E-state index in [-0.39, 0.29) is 23.8 Å². The summed E-state index contributed by atoms with van der Waals surface area (Å²) >= 11 is 0. The van der Waals surface area contributed by atoms with Gasteiger partial charge in [0.2, 0.25) is 0 Å². The lowest BCUT2D eigenvalue weighted by Gasteiger charge is -2.52. The molecule has 0 amide bonds. The van der Waals surface area contributed by atoms with Crippen LogP contribution in [0, 0.1) is 53.3 Å².